The summed E-state index contributed by atoms with van der Waals surface area (Å²) in [7, 11) is 0. The lowest BCUT2D eigenvalue weighted by Gasteiger charge is -2.34. The molecule has 2 N–H and O–H groups in total. The van der Waals surface area contributed by atoms with Crippen LogP contribution in [-0.4, -0.2) is 78.0 Å². The van der Waals surface area contributed by atoms with E-state index in [2.05, 4.69) is 24.1 Å². The highest BCUT2D eigenvalue weighted by molar-refractivity contribution is 6.31. The predicted molar refractivity (Wildman–Crippen MR) is 122 cm³/mol. The maximum absolute atomic E-state index is 12.4. The first-order valence-corrected chi connectivity index (χ1v) is 11.3. The number of hydrogen-bond donors (Lipinski definition) is 2. The van der Waals surface area contributed by atoms with Crippen molar-refractivity contribution in [3.63, 3.8) is 0 Å². The number of ether oxygens (including phenoxy) is 2. The number of carbonyl (C=O) groups excluding carboxylic acids is 1. The minimum atomic E-state index is -1.08. The van der Waals surface area contributed by atoms with Crippen LogP contribution in [0.25, 0.3) is 0 Å². The van der Waals surface area contributed by atoms with Gasteiger partial charge in [-0.1, -0.05) is 25.4 Å². The molecule has 0 bridgehead atoms. The second-order valence-electron chi connectivity index (χ2n) is 10.2. The van der Waals surface area contributed by atoms with E-state index in [0.29, 0.717) is 32.0 Å². The lowest BCUT2D eigenvalue weighted by atomic mass is 9.93. The van der Waals surface area contributed by atoms with E-state index in [0.717, 1.165) is 13.0 Å². The molecule has 10 heteroatoms. The number of rotatable bonds is 5. The number of nitrogens with zero attached hydrogens (tertiary/aromatic N) is 3. The van der Waals surface area contributed by atoms with Crippen molar-refractivity contribution < 1.29 is 24.2 Å². The molecule has 0 spiro atoms. The Labute approximate surface area is 194 Å². The molecule has 1 unspecified atom stereocenters. The van der Waals surface area contributed by atoms with Crippen LogP contribution in [0, 0.1) is 5.41 Å². The van der Waals surface area contributed by atoms with E-state index in [1.165, 1.54) is 6.07 Å². The fraction of sp³-hybridized carbons (Fsp3) is 0.682. The molecule has 178 valence electrons. The molecule has 9 nitrogen and oxygen atoms in total. The summed E-state index contributed by atoms with van der Waals surface area (Å²) < 4.78 is 11.3. The van der Waals surface area contributed by atoms with Crippen molar-refractivity contribution in [2.45, 2.75) is 52.7 Å². The average Bonchev–Trinajstić information content (AvgIpc) is 3.05. The van der Waals surface area contributed by atoms with Gasteiger partial charge in [0.1, 0.15) is 23.6 Å². The van der Waals surface area contributed by atoms with Crippen molar-refractivity contribution >= 4 is 29.5 Å². The maximum atomic E-state index is 12.4. The summed E-state index contributed by atoms with van der Waals surface area (Å²) in [5, 5.41) is 13.2. The summed E-state index contributed by atoms with van der Waals surface area (Å²) in [5.74, 6) is -0.500. The molecular formula is C22H33ClN4O5. The van der Waals surface area contributed by atoms with E-state index in [9.17, 15) is 14.7 Å². The standard InChI is InChI=1S/C22H33ClN4O5/c1-21(2,3)32-20(30)26-9-7-24-14(11-26)12-31-16-10-15(19(28)29)18(25-17(16)23)27-8-6-22(4,5)13-27/h10,14,24H,6-9,11-13H2,1-5H3,(H,28,29). The van der Waals surface area contributed by atoms with Gasteiger partial charge < -0.3 is 29.7 Å². The number of nitrogens with one attached hydrogen (secondary N) is 1. The summed E-state index contributed by atoms with van der Waals surface area (Å²) >= 11 is 6.36. The highest BCUT2D eigenvalue weighted by atomic mass is 35.5. The second-order valence-corrected chi connectivity index (χ2v) is 10.5. The van der Waals surface area contributed by atoms with Gasteiger partial charge >= 0.3 is 12.1 Å². The Balaban J connectivity index is 1.68. The van der Waals surface area contributed by atoms with E-state index < -0.39 is 11.6 Å². The zero-order valence-corrected chi connectivity index (χ0v) is 20.2. The third-order valence-corrected chi connectivity index (χ3v) is 5.75. The monoisotopic (exact) mass is 468 g/mol. The Morgan fingerprint density at radius 1 is 1.34 bits per heavy atom. The van der Waals surface area contributed by atoms with Crippen LogP contribution in [0.3, 0.4) is 0 Å². The van der Waals surface area contributed by atoms with E-state index in [1.807, 2.05) is 25.7 Å². The fourth-order valence-electron chi connectivity index (χ4n) is 3.88. The van der Waals surface area contributed by atoms with Gasteiger partial charge in [0, 0.05) is 38.8 Å². The van der Waals surface area contributed by atoms with Crippen LogP contribution in [0.1, 0.15) is 51.4 Å². The van der Waals surface area contributed by atoms with Gasteiger partial charge in [0.15, 0.2) is 10.9 Å². The molecule has 1 amide bonds. The first-order chi connectivity index (χ1) is 14.8. The smallest absolute Gasteiger partial charge is 0.410 e. The minimum absolute atomic E-state index is 0.0640. The maximum Gasteiger partial charge on any atom is 0.410 e. The van der Waals surface area contributed by atoms with Crippen molar-refractivity contribution in [2.75, 3.05) is 44.2 Å². The number of carbonyl (C=O) groups is 2. The van der Waals surface area contributed by atoms with Gasteiger partial charge in [0.05, 0.1) is 6.04 Å². The molecule has 1 atom stereocenters. The van der Waals surface area contributed by atoms with Crippen LogP contribution in [0.2, 0.25) is 5.15 Å². The highest BCUT2D eigenvalue weighted by Crippen LogP contribution is 2.36. The molecule has 2 saturated heterocycles. The first kappa shape index (κ1) is 24.4. The first-order valence-electron chi connectivity index (χ1n) is 10.9. The molecule has 2 aliphatic rings. The SMILES string of the molecule is CC1(C)CCN(c2nc(Cl)c(OCC3CN(C(=O)OC(C)(C)C)CCN3)cc2C(=O)O)C1. The normalized spacial score (nSPS) is 20.9. The summed E-state index contributed by atoms with van der Waals surface area (Å²) in [6.07, 6.45) is 0.584. The van der Waals surface area contributed by atoms with Gasteiger partial charge in [-0.2, -0.15) is 0 Å². The molecule has 0 radical (unpaired) electrons. The van der Waals surface area contributed by atoms with Crippen molar-refractivity contribution in [1.82, 2.24) is 15.2 Å². The number of amides is 1. The molecule has 0 aliphatic carbocycles. The molecule has 0 aromatic carbocycles. The Hall–Kier alpha value is -2.26. The van der Waals surface area contributed by atoms with E-state index >= 15 is 0 Å². The van der Waals surface area contributed by atoms with Crippen LogP contribution < -0.4 is 15.0 Å². The van der Waals surface area contributed by atoms with E-state index in [4.69, 9.17) is 21.1 Å². The number of carboxylic acid groups (broad SMARTS) is 1. The molecule has 1 aromatic heterocycles. The lowest BCUT2D eigenvalue weighted by molar-refractivity contribution is 0.0178. The Kier molecular flexibility index (Phi) is 7.09. The minimum Gasteiger partial charge on any atom is -0.489 e. The second kappa shape index (κ2) is 9.31. The Morgan fingerprint density at radius 3 is 2.66 bits per heavy atom. The van der Waals surface area contributed by atoms with Gasteiger partial charge in [-0.05, 0) is 32.6 Å². The lowest BCUT2D eigenvalue weighted by Crippen LogP contribution is -2.55. The quantitative estimate of drug-likeness (QED) is 0.634. The average molecular weight is 469 g/mol. The van der Waals surface area contributed by atoms with Crippen LogP contribution in [-0.2, 0) is 4.74 Å². The Morgan fingerprint density at radius 2 is 2.06 bits per heavy atom. The van der Waals surface area contributed by atoms with Crippen LogP contribution in [0.4, 0.5) is 10.6 Å². The molecule has 2 aliphatic heterocycles. The topological polar surface area (TPSA) is 104 Å². The van der Waals surface area contributed by atoms with Gasteiger partial charge in [-0.3, -0.25) is 0 Å². The summed E-state index contributed by atoms with van der Waals surface area (Å²) in [6.45, 7) is 13.0. The number of halogens is 1. The number of anilines is 1. The number of aromatic nitrogens is 1. The number of pyridine rings is 1. The van der Waals surface area contributed by atoms with Gasteiger partial charge in [-0.15, -0.1) is 0 Å². The van der Waals surface area contributed by atoms with Crippen LogP contribution in [0.5, 0.6) is 5.75 Å². The zero-order chi connectivity index (χ0) is 23.7. The van der Waals surface area contributed by atoms with Crippen LogP contribution in [0.15, 0.2) is 6.07 Å². The largest absolute Gasteiger partial charge is 0.489 e. The predicted octanol–water partition coefficient (Wildman–Crippen LogP) is 3.26. The van der Waals surface area contributed by atoms with Gasteiger partial charge in [0.25, 0.3) is 0 Å². The van der Waals surface area contributed by atoms with Crippen molar-refractivity contribution in [2.24, 2.45) is 5.41 Å². The molecule has 3 rings (SSSR count). The highest BCUT2D eigenvalue weighted by Gasteiger charge is 2.33. The molecule has 32 heavy (non-hydrogen) atoms. The van der Waals surface area contributed by atoms with Crippen molar-refractivity contribution in [1.29, 1.82) is 0 Å². The number of carboxylic acids is 1. The molecule has 1 aromatic rings. The fourth-order valence-corrected chi connectivity index (χ4v) is 4.07. The van der Waals surface area contributed by atoms with E-state index in [-0.39, 0.29) is 40.6 Å². The number of aromatic carboxylic acids is 1. The van der Waals surface area contributed by atoms with Gasteiger partial charge in [0.2, 0.25) is 0 Å². The van der Waals surface area contributed by atoms with E-state index in [1.54, 1.807) is 4.90 Å². The van der Waals surface area contributed by atoms with Gasteiger partial charge in [-0.25, -0.2) is 14.6 Å². The van der Waals surface area contributed by atoms with Crippen molar-refractivity contribution in [3.8, 4) is 5.75 Å². The molecule has 2 fully saturated rings. The van der Waals surface area contributed by atoms with Crippen LogP contribution >= 0.6 is 11.6 Å². The molecule has 0 saturated carbocycles. The Bertz CT molecular complexity index is 871. The third-order valence-electron chi connectivity index (χ3n) is 5.48. The number of hydrogen-bond acceptors (Lipinski definition) is 7. The molecule has 3 heterocycles. The molecular weight excluding hydrogens is 436 g/mol. The number of piperazine rings is 1. The summed E-state index contributed by atoms with van der Waals surface area (Å²) in [6, 6.07) is 1.28. The zero-order valence-electron chi connectivity index (χ0n) is 19.4. The summed E-state index contributed by atoms with van der Waals surface area (Å²) in [4.78, 5) is 32.2. The third kappa shape index (κ3) is 6.16. The summed E-state index contributed by atoms with van der Waals surface area (Å²) in [5.41, 5.74) is -0.410. The van der Waals surface area contributed by atoms with Crippen molar-refractivity contribution in [3.05, 3.63) is 16.8 Å².